The van der Waals surface area contributed by atoms with Crippen molar-refractivity contribution in [2.75, 3.05) is 0 Å². The first kappa shape index (κ1) is 23.4. The van der Waals surface area contributed by atoms with E-state index in [2.05, 4.69) is 72.6 Å². The molecule has 0 aromatic heterocycles. The molecule has 2 heteroatoms. The van der Waals surface area contributed by atoms with Crippen LogP contribution in [0.1, 0.15) is 106 Å². The monoisotopic (exact) mass is 416 g/mol. The molecule has 2 aromatic carbocycles. The van der Waals surface area contributed by atoms with Gasteiger partial charge in [0.15, 0.2) is 0 Å². The molecule has 0 spiro atoms. The van der Waals surface area contributed by atoms with Crippen LogP contribution in [0.25, 0.3) is 0 Å². The summed E-state index contributed by atoms with van der Waals surface area (Å²) in [6.07, 6.45) is 18.3. The zero-order chi connectivity index (χ0) is 21.7. The third kappa shape index (κ3) is 8.09. The molecule has 1 saturated carbocycles. The van der Waals surface area contributed by atoms with Gasteiger partial charge in [0.2, 0.25) is 0 Å². The molecule has 0 saturated heterocycles. The Labute approximate surface area is 189 Å². The third-order valence-electron chi connectivity index (χ3n) is 6.86. The molecule has 1 aliphatic rings. The summed E-state index contributed by atoms with van der Waals surface area (Å²) in [5.41, 5.74) is 5.12. The van der Waals surface area contributed by atoms with Gasteiger partial charge in [-0.2, -0.15) is 10.2 Å². The standard InChI is InChI=1S/C29H40N2/c1-3-5-6-7-8-9-25-10-12-26(13-11-25)22-30-31-23-27-16-20-29(21-17-27)28-18-14-24(4-2)15-19-28/h10-13,16-17,20-24,28H,3-9,14-15,18-19H2,1-2H3/t24-,28-. The maximum atomic E-state index is 4.25. The fourth-order valence-corrected chi connectivity index (χ4v) is 4.66. The number of benzene rings is 2. The molecule has 0 bridgehead atoms. The van der Waals surface area contributed by atoms with Gasteiger partial charge < -0.3 is 0 Å². The molecule has 31 heavy (non-hydrogen) atoms. The van der Waals surface area contributed by atoms with Gasteiger partial charge in [0, 0.05) is 0 Å². The SMILES string of the molecule is CCCCCCCc1ccc(C=NN=Cc2ccc([C@H]3CC[C@H](CC)CC3)cc2)cc1. The Kier molecular flexibility index (Phi) is 10.0. The van der Waals surface area contributed by atoms with E-state index in [1.807, 2.05) is 12.4 Å². The second-order valence-electron chi connectivity index (χ2n) is 9.19. The molecule has 0 N–H and O–H groups in total. The normalized spacial score (nSPS) is 19.4. The van der Waals surface area contributed by atoms with Crippen LogP contribution in [0, 0.1) is 5.92 Å². The van der Waals surface area contributed by atoms with Gasteiger partial charge >= 0.3 is 0 Å². The second kappa shape index (κ2) is 13.2. The Morgan fingerprint density at radius 2 is 1.29 bits per heavy atom. The van der Waals surface area contributed by atoms with Crippen LogP contribution >= 0.6 is 0 Å². The van der Waals surface area contributed by atoms with E-state index in [0.717, 1.165) is 23.0 Å². The van der Waals surface area contributed by atoms with Gasteiger partial charge in [0.25, 0.3) is 0 Å². The maximum Gasteiger partial charge on any atom is 0.0568 e. The zero-order valence-corrected chi connectivity index (χ0v) is 19.6. The predicted molar refractivity (Wildman–Crippen MR) is 136 cm³/mol. The molecule has 0 radical (unpaired) electrons. The van der Waals surface area contributed by atoms with Crippen LogP contribution < -0.4 is 0 Å². The van der Waals surface area contributed by atoms with Crippen molar-refractivity contribution in [3.63, 3.8) is 0 Å². The number of nitrogens with zero attached hydrogens (tertiary/aromatic N) is 2. The van der Waals surface area contributed by atoms with E-state index in [4.69, 9.17) is 0 Å². The van der Waals surface area contributed by atoms with Crippen LogP contribution in [0.2, 0.25) is 0 Å². The smallest absolute Gasteiger partial charge is 0.0568 e. The highest BCUT2D eigenvalue weighted by atomic mass is 15.2. The van der Waals surface area contributed by atoms with Crippen LogP contribution in [0.4, 0.5) is 0 Å². The highest BCUT2D eigenvalue weighted by molar-refractivity contribution is 5.82. The van der Waals surface area contributed by atoms with Crippen molar-refractivity contribution in [1.29, 1.82) is 0 Å². The molecule has 1 aliphatic carbocycles. The lowest BCUT2D eigenvalue weighted by Crippen LogP contribution is -2.12. The summed E-state index contributed by atoms with van der Waals surface area (Å²) in [5, 5.41) is 8.48. The van der Waals surface area contributed by atoms with Crippen LogP contribution in [0.15, 0.2) is 58.7 Å². The minimum absolute atomic E-state index is 0.742. The van der Waals surface area contributed by atoms with E-state index in [1.165, 1.54) is 81.8 Å². The first-order valence-corrected chi connectivity index (χ1v) is 12.5. The molecule has 1 fully saturated rings. The Morgan fingerprint density at radius 3 is 1.87 bits per heavy atom. The van der Waals surface area contributed by atoms with E-state index in [-0.39, 0.29) is 0 Å². The zero-order valence-electron chi connectivity index (χ0n) is 19.6. The summed E-state index contributed by atoms with van der Waals surface area (Å²) in [4.78, 5) is 0. The summed E-state index contributed by atoms with van der Waals surface area (Å²) in [6, 6.07) is 17.6. The second-order valence-corrected chi connectivity index (χ2v) is 9.19. The van der Waals surface area contributed by atoms with E-state index in [1.54, 1.807) is 0 Å². The molecule has 0 atom stereocenters. The molecule has 0 unspecified atom stereocenters. The fourth-order valence-electron chi connectivity index (χ4n) is 4.66. The lowest BCUT2D eigenvalue weighted by Gasteiger charge is -2.28. The van der Waals surface area contributed by atoms with Crippen LogP contribution in [0.5, 0.6) is 0 Å². The average molecular weight is 417 g/mol. The van der Waals surface area contributed by atoms with Crippen molar-refractivity contribution in [3.05, 3.63) is 70.8 Å². The van der Waals surface area contributed by atoms with Crippen molar-refractivity contribution < 1.29 is 0 Å². The lowest BCUT2D eigenvalue weighted by atomic mass is 9.78. The molecule has 0 amide bonds. The molecular formula is C29H40N2. The Morgan fingerprint density at radius 1 is 0.710 bits per heavy atom. The van der Waals surface area contributed by atoms with Gasteiger partial charge in [-0.15, -0.1) is 0 Å². The summed E-state index contributed by atoms with van der Waals surface area (Å²) in [7, 11) is 0. The molecule has 166 valence electrons. The van der Waals surface area contributed by atoms with Gasteiger partial charge in [-0.1, -0.05) is 94.5 Å². The molecule has 0 aliphatic heterocycles. The Hall–Kier alpha value is -2.22. The summed E-state index contributed by atoms with van der Waals surface area (Å²) < 4.78 is 0. The van der Waals surface area contributed by atoms with Gasteiger partial charge in [0.05, 0.1) is 12.4 Å². The summed E-state index contributed by atoms with van der Waals surface area (Å²) in [6.45, 7) is 4.59. The maximum absolute atomic E-state index is 4.25. The van der Waals surface area contributed by atoms with Crippen molar-refractivity contribution >= 4 is 12.4 Å². The summed E-state index contributed by atoms with van der Waals surface area (Å²) in [5.74, 6) is 1.69. The van der Waals surface area contributed by atoms with Gasteiger partial charge in [-0.3, -0.25) is 0 Å². The molecule has 2 aromatic rings. The van der Waals surface area contributed by atoms with E-state index < -0.39 is 0 Å². The van der Waals surface area contributed by atoms with Crippen molar-refractivity contribution in [2.24, 2.45) is 16.1 Å². The van der Waals surface area contributed by atoms with E-state index in [0.29, 0.717) is 0 Å². The summed E-state index contributed by atoms with van der Waals surface area (Å²) >= 11 is 0. The number of aryl methyl sites for hydroxylation is 1. The Balaban J connectivity index is 1.42. The fraction of sp³-hybridized carbons (Fsp3) is 0.517. The van der Waals surface area contributed by atoms with Crippen LogP contribution in [-0.4, -0.2) is 12.4 Å². The topological polar surface area (TPSA) is 24.7 Å². The molecule has 2 nitrogen and oxygen atoms in total. The first-order chi connectivity index (χ1) is 15.3. The van der Waals surface area contributed by atoms with Crippen LogP contribution in [-0.2, 0) is 6.42 Å². The number of hydrogen-bond donors (Lipinski definition) is 0. The average Bonchev–Trinajstić information content (AvgIpc) is 2.83. The quantitative estimate of drug-likeness (QED) is 0.200. The van der Waals surface area contributed by atoms with Gasteiger partial charge in [-0.25, -0.2) is 0 Å². The first-order valence-electron chi connectivity index (χ1n) is 12.5. The minimum Gasteiger partial charge on any atom is -0.159 e. The lowest BCUT2D eigenvalue weighted by molar-refractivity contribution is 0.319. The molecule has 0 heterocycles. The van der Waals surface area contributed by atoms with Crippen molar-refractivity contribution in [1.82, 2.24) is 0 Å². The number of hydrogen-bond acceptors (Lipinski definition) is 2. The van der Waals surface area contributed by atoms with Gasteiger partial charge in [-0.05, 0) is 72.6 Å². The van der Waals surface area contributed by atoms with Crippen molar-refractivity contribution in [3.8, 4) is 0 Å². The van der Waals surface area contributed by atoms with Crippen LogP contribution in [0.3, 0.4) is 0 Å². The largest absolute Gasteiger partial charge is 0.159 e. The highest BCUT2D eigenvalue weighted by Crippen LogP contribution is 2.36. The number of rotatable bonds is 11. The predicted octanol–water partition coefficient (Wildman–Crippen LogP) is 8.34. The molecule has 3 rings (SSSR count). The van der Waals surface area contributed by atoms with Crippen molar-refractivity contribution in [2.45, 2.75) is 90.4 Å². The van der Waals surface area contributed by atoms with E-state index in [9.17, 15) is 0 Å². The molecular weight excluding hydrogens is 376 g/mol. The van der Waals surface area contributed by atoms with Gasteiger partial charge in [0.1, 0.15) is 0 Å². The number of unbranched alkanes of at least 4 members (excludes halogenated alkanes) is 4. The Bertz CT molecular complexity index is 794. The van der Waals surface area contributed by atoms with E-state index >= 15 is 0 Å². The highest BCUT2D eigenvalue weighted by Gasteiger charge is 2.20. The third-order valence-corrected chi connectivity index (χ3v) is 6.86. The minimum atomic E-state index is 0.742.